The van der Waals surface area contributed by atoms with Gasteiger partial charge in [0.2, 0.25) is 0 Å². The second-order valence-corrected chi connectivity index (χ2v) is 4.73. The normalized spacial score (nSPS) is 11.6. The monoisotopic (exact) mass is 228 g/mol. The molecule has 16 heavy (non-hydrogen) atoms. The molecular formula is C12H18F2N2. The number of nitrogens with one attached hydrogen (secondary N) is 2. The number of hydrogen-bond donors (Lipinski definition) is 2. The van der Waals surface area contributed by atoms with E-state index >= 15 is 0 Å². The maximum atomic E-state index is 13.2. The number of halogens is 2. The van der Waals surface area contributed by atoms with E-state index in [2.05, 4.69) is 31.4 Å². The minimum atomic E-state index is -0.437. The van der Waals surface area contributed by atoms with Crippen molar-refractivity contribution in [2.75, 3.05) is 18.4 Å². The number of hydrogen-bond acceptors (Lipinski definition) is 2. The maximum Gasteiger partial charge on any atom is 0.146 e. The van der Waals surface area contributed by atoms with Crippen LogP contribution >= 0.6 is 0 Å². The third-order valence-electron chi connectivity index (χ3n) is 2.02. The third kappa shape index (κ3) is 4.57. The summed E-state index contributed by atoms with van der Waals surface area (Å²) in [5.74, 6) is -0.871. The molecule has 4 heteroatoms. The van der Waals surface area contributed by atoms with E-state index in [-0.39, 0.29) is 11.2 Å². The zero-order valence-electron chi connectivity index (χ0n) is 9.90. The molecule has 1 rings (SSSR count). The van der Waals surface area contributed by atoms with Crippen molar-refractivity contribution < 1.29 is 8.78 Å². The molecule has 1 aromatic rings. The van der Waals surface area contributed by atoms with Crippen LogP contribution in [0.1, 0.15) is 20.8 Å². The molecule has 0 unspecified atom stereocenters. The molecule has 0 amide bonds. The van der Waals surface area contributed by atoms with Crippen LogP contribution in [0.4, 0.5) is 14.5 Å². The van der Waals surface area contributed by atoms with Gasteiger partial charge in [0, 0.05) is 18.6 Å². The SMILES string of the molecule is CC(C)(C)NCCNc1cc(F)ccc1F. The first-order valence-corrected chi connectivity index (χ1v) is 5.32. The zero-order valence-corrected chi connectivity index (χ0v) is 9.90. The Kier molecular flexibility index (Phi) is 4.24. The van der Waals surface area contributed by atoms with Gasteiger partial charge in [-0.15, -0.1) is 0 Å². The maximum absolute atomic E-state index is 13.2. The molecule has 2 N–H and O–H groups in total. The highest BCUT2D eigenvalue weighted by molar-refractivity contribution is 5.44. The Balaban J connectivity index is 2.40. The van der Waals surface area contributed by atoms with Gasteiger partial charge < -0.3 is 10.6 Å². The van der Waals surface area contributed by atoms with E-state index in [9.17, 15) is 8.78 Å². The van der Waals surface area contributed by atoms with Crippen molar-refractivity contribution in [2.45, 2.75) is 26.3 Å². The van der Waals surface area contributed by atoms with E-state index in [1.165, 1.54) is 0 Å². The average Bonchev–Trinajstić information content (AvgIpc) is 2.16. The van der Waals surface area contributed by atoms with Crippen LogP contribution in [0.5, 0.6) is 0 Å². The molecule has 1 aromatic carbocycles. The lowest BCUT2D eigenvalue weighted by Crippen LogP contribution is -2.38. The van der Waals surface area contributed by atoms with Crippen LogP contribution in [0, 0.1) is 11.6 Å². The zero-order chi connectivity index (χ0) is 12.2. The Bertz CT molecular complexity index is 345. The highest BCUT2D eigenvalue weighted by Gasteiger charge is 2.08. The van der Waals surface area contributed by atoms with Crippen LogP contribution in [-0.2, 0) is 0 Å². The Labute approximate surface area is 95.1 Å². The number of rotatable bonds is 4. The van der Waals surface area contributed by atoms with Gasteiger partial charge in [0.15, 0.2) is 0 Å². The molecule has 0 radical (unpaired) electrons. The van der Waals surface area contributed by atoms with Crippen molar-refractivity contribution in [2.24, 2.45) is 0 Å². The van der Waals surface area contributed by atoms with Gasteiger partial charge in [-0.1, -0.05) is 0 Å². The predicted octanol–water partition coefficient (Wildman–Crippen LogP) is 2.76. The summed E-state index contributed by atoms with van der Waals surface area (Å²) in [7, 11) is 0. The molecule has 0 atom stereocenters. The Morgan fingerprint density at radius 3 is 2.44 bits per heavy atom. The van der Waals surface area contributed by atoms with Crippen LogP contribution < -0.4 is 10.6 Å². The van der Waals surface area contributed by atoms with E-state index in [0.717, 1.165) is 18.2 Å². The standard InChI is InChI=1S/C12H18F2N2/c1-12(2,3)16-7-6-15-11-8-9(13)4-5-10(11)14/h4-5,8,15-16H,6-7H2,1-3H3. The highest BCUT2D eigenvalue weighted by Crippen LogP contribution is 2.14. The number of anilines is 1. The van der Waals surface area contributed by atoms with Crippen molar-refractivity contribution in [1.82, 2.24) is 5.32 Å². The first-order valence-electron chi connectivity index (χ1n) is 5.32. The van der Waals surface area contributed by atoms with Gasteiger partial charge in [-0.3, -0.25) is 0 Å². The van der Waals surface area contributed by atoms with E-state index in [1.807, 2.05) is 0 Å². The summed E-state index contributed by atoms with van der Waals surface area (Å²) in [6, 6.07) is 3.38. The molecule has 0 aromatic heterocycles. The lowest BCUT2D eigenvalue weighted by molar-refractivity contribution is 0.435. The summed E-state index contributed by atoms with van der Waals surface area (Å²) in [6.07, 6.45) is 0. The summed E-state index contributed by atoms with van der Waals surface area (Å²) >= 11 is 0. The molecule has 0 spiro atoms. The quantitative estimate of drug-likeness (QED) is 0.774. The van der Waals surface area contributed by atoms with Crippen LogP contribution in [0.15, 0.2) is 18.2 Å². The van der Waals surface area contributed by atoms with Gasteiger partial charge in [-0.05, 0) is 39.0 Å². The van der Waals surface area contributed by atoms with E-state index in [0.29, 0.717) is 13.1 Å². The predicted molar refractivity (Wildman–Crippen MR) is 62.6 cm³/mol. The molecule has 0 fully saturated rings. The Hall–Kier alpha value is -1.16. The van der Waals surface area contributed by atoms with Crippen molar-refractivity contribution >= 4 is 5.69 Å². The smallest absolute Gasteiger partial charge is 0.146 e. The van der Waals surface area contributed by atoms with Crippen molar-refractivity contribution in [1.29, 1.82) is 0 Å². The molecular weight excluding hydrogens is 210 g/mol. The number of benzene rings is 1. The molecule has 2 nitrogen and oxygen atoms in total. The van der Waals surface area contributed by atoms with Crippen molar-refractivity contribution in [3.05, 3.63) is 29.8 Å². The topological polar surface area (TPSA) is 24.1 Å². The van der Waals surface area contributed by atoms with Gasteiger partial charge in [0.1, 0.15) is 11.6 Å². The first-order chi connectivity index (χ1) is 7.38. The lowest BCUT2D eigenvalue weighted by atomic mass is 10.1. The van der Waals surface area contributed by atoms with E-state index in [1.54, 1.807) is 0 Å². The van der Waals surface area contributed by atoms with Crippen LogP contribution in [-0.4, -0.2) is 18.6 Å². The largest absolute Gasteiger partial charge is 0.381 e. The lowest BCUT2D eigenvalue weighted by Gasteiger charge is -2.20. The molecule has 0 heterocycles. The summed E-state index contributed by atoms with van der Waals surface area (Å²) in [5, 5.41) is 6.10. The first kappa shape index (κ1) is 12.9. The second kappa shape index (κ2) is 5.25. The molecule has 0 aliphatic rings. The molecule has 0 aliphatic heterocycles. The summed E-state index contributed by atoms with van der Waals surface area (Å²) in [5.41, 5.74) is 0.234. The Morgan fingerprint density at radius 2 is 1.81 bits per heavy atom. The molecule has 90 valence electrons. The van der Waals surface area contributed by atoms with Gasteiger partial charge in [-0.2, -0.15) is 0 Å². The highest BCUT2D eigenvalue weighted by atomic mass is 19.1. The third-order valence-corrected chi connectivity index (χ3v) is 2.02. The van der Waals surface area contributed by atoms with Crippen molar-refractivity contribution in [3.63, 3.8) is 0 Å². The van der Waals surface area contributed by atoms with Gasteiger partial charge in [-0.25, -0.2) is 8.78 Å². The minimum absolute atomic E-state index is 0.0299. The molecule has 0 bridgehead atoms. The summed E-state index contributed by atoms with van der Waals surface area (Å²) < 4.78 is 26.0. The average molecular weight is 228 g/mol. The fourth-order valence-corrected chi connectivity index (χ4v) is 1.27. The van der Waals surface area contributed by atoms with Crippen molar-refractivity contribution in [3.8, 4) is 0 Å². The summed E-state index contributed by atoms with van der Waals surface area (Å²) in [6.45, 7) is 7.40. The Morgan fingerprint density at radius 1 is 1.12 bits per heavy atom. The van der Waals surface area contributed by atoms with Gasteiger partial charge in [0.25, 0.3) is 0 Å². The molecule has 0 aliphatic carbocycles. The van der Waals surface area contributed by atoms with E-state index in [4.69, 9.17) is 0 Å². The van der Waals surface area contributed by atoms with Crippen LogP contribution in [0.25, 0.3) is 0 Å². The fourth-order valence-electron chi connectivity index (χ4n) is 1.27. The van der Waals surface area contributed by atoms with Gasteiger partial charge >= 0.3 is 0 Å². The van der Waals surface area contributed by atoms with Crippen LogP contribution in [0.2, 0.25) is 0 Å². The molecule has 0 saturated carbocycles. The van der Waals surface area contributed by atoms with Crippen LogP contribution in [0.3, 0.4) is 0 Å². The van der Waals surface area contributed by atoms with Gasteiger partial charge in [0.05, 0.1) is 5.69 Å². The summed E-state index contributed by atoms with van der Waals surface area (Å²) in [4.78, 5) is 0. The second-order valence-electron chi connectivity index (χ2n) is 4.73. The fraction of sp³-hybridized carbons (Fsp3) is 0.500. The minimum Gasteiger partial charge on any atom is -0.381 e. The van der Waals surface area contributed by atoms with E-state index < -0.39 is 11.6 Å². The molecule has 0 saturated heterocycles.